The van der Waals surface area contributed by atoms with E-state index in [2.05, 4.69) is 12.2 Å². The van der Waals surface area contributed by atoms with Crippen LogP contribution in [0.5, 0.6) is 11.5 Å². The van der Waals surface area contributed by atoms with E-state index in [1.165, 1.54) is 0 Å². The quantitative estimate of drug-likeness (QED) is 0.859. The first-order chi connectivity index (χ1) is 10.8. The Morgan fingerprint density at radius 3 is 2.64 bits per heavy atom. The van der Waals surface area contributed by atoms with Gasteiger partial charge in [-0.1, -0.05) is 13.0 Å². The molecule has 1 aliphatic heterocycles. The number of aliphatic hydroxyl groups excluding tert-OH is 1. The molecule has 118 valence electrons. The molecule has 0 aliphatic carbocycles. The largest absolute Gasteiger partial charge is 0.486 e. The van der Waals surface area contributed by atoms with Crippen molar-refractivity contribution in [1.29, 1.82) is 0 Å². The van der Waals surface area contributed by atoms with Crippen molar-refractivity contribution in [2.45, 2.75) is 25.4 Å². The second-order valence-corrected chi connectivity index (χ2v) is 5.28. The summed E-state index contributed by atoms with van der Waals surface area (Å²) in [6.45, 7) is 3.25. The SMILES string of the molecule is CCC(NC(CO)c1ccco1)c1ccc2c(c1)OCCO2. The van der Waals surface area contributed by atoms with Gasteiger partial charge in [0.05, 0.1) is 18.9 Å². The first-order valence-corrected chi connectivity index (χ1v) is 7.61. The van der Waals surface area contributed by atoms with Crippen molar-refractivity contribution in [3.8, 4) is 11.5 Å². The average molecular weight is 303 g/mol. The molecule has 0 saturated carbocycles. The molecule has 1 aromatic carbocycles. The third-order valence-corrected chi connectivity index (χ3v) is 3.85. The highest BCUT2D eigenvalue weighted by Crippen LogP contribution is 2.34. The van der Waals surface area contributed by atoms with E-state index < -0.39 is 0 Å². The fourth-order valence-electron chi connectivity index (χ4n) is 2.68. The van der Waals surface area contributed by atoms with Crippen LogP contribution in [0.1, 0.15) is 36.8 Å². The van der Waals surface area contributed by atoms with Gasteiger partial charge in [-0.05, 0) is 36.2 Å². The molecule has 0 spiro atoms. The first kappa shape index (κ1) is 14.9. The van der Waals surface area contributed by atoms with E-state index in [4.69, 9.17) is 13.9 Å². The number of furan rings is 1. The molecule has 1 aromatic heterocycles. The minimum atomic E-state index is -0.229. The van der Waals surface area contributed by atoms with E-state index in [1.54, 1.807) is 6.26 Å². The molecule has 2 atom stereocenters. The summed E-state index contributed by atoms with van der Waals surface area (Å²) in [6.07, 6.45) is 2.50. The van der Waals surface area contributed by atoms with Crippen molar-refractivity contribution in [2.24, 2.45) is 0 Å². The van der Waals surface area contributed by atoms with Gasteiger partial charge in [0.2, 0.25) is 0 Å². The van der Waals surface area contributed by atoms with Crippen LogP contribution in [0.25, 0.3) is 0 Å². The van der Waals surface area contributed by atoms with Gasteiger partial charge < -0.3 is 19.0 Å². The lowest BCUT2D eigenvalue weighted by atomic mass is 10.0. The number of rotatable bonds is 6. The highest BCUT2D eigenvalue weighted by atomic mass is 16.6. The van der Waals surface area contributed by atoms with Crippen LogP contribution in [0.4, 0.5) is 0 Å². The van der Waals surface area contributed by atoms with Crippen molar-refractivity contribution in [3.63, 3.8) is 0 Å². The summed E-state index contributed by atoms with van der Waals surface area (Å²) in [5, 5.41) is 13.1. The lowest BCUT2D eigenvalue weighted by Gasteiger charge is -2.25. The van der Waals surface area contributed by atoms with Crippen LogP contribution in [-0.2, 0) is 0 Å². The Labute approximate surface area is 129 Å². The summed E-state index contributed by atoms with van der Waals surface area (Å²) < 4.78 is 16.6. The van der Waals surface area contributed by atoms with Gasteiger partial charge in [0.25, 0.3) is 0 Å². The van der Waals surface area contributed by atoms with E-state index >= 15 is 0 Å². The van der Waals surface area contributed by atoms with Crippen LogP contribution in [0.15, 0.2) is 41.0 Å². The molecule has 2 N–H and O–H groups in total. The maximum Gasteiger partial charge on any atom is 0.161 e. The van der Waals surface area contributed by atoms with E-state index in [0.717, 1.165) is 29.2 Å². The zero-order valence-corrected chi connectivity index (χ0v) is 12.6. The summed E-state index contributed by atoms with van der Waals surface area (Å²) in [5.41, 5.74) is 1.11. The fraction of sp³-hybridized carbons (Fsp3) is 0.412. The molecule has 5 heteroatoms. The molecular formula is C17H21NO4. The van der Waals surface area contributed by atoms with Crippen LogP contribution in [0.2, 0.25) is 0 Å². The van der Waals surface area contributed by atoms with E-state index in [-0.39, 0.29) is 18.7 Å². The highest BCUT2D eigenvalue weighted by Gasteiger charge is 2.20. The standard InChI is InChI=1S/C17H21NO4/c1-2-13(18-14(11-19)15-4-3-7-20-15)12-5-6-16-17(10-12)22-9-8-21-16/h3-7,10,13-14,18-19H,2,8-9,11H2,1H3. The fourth-order valence-corrected chi connectivity index (χ4v) is 2.68. The van der Waals surface area contributed by atoms with Gasteiger partial charge in [-0.25, -0.2) is 0 Å². The van der Waals surface area contributed by atoms with E-state index in [1.807, 2.05) is 30.3 Å². The van der Waals surface area contributed by atoms with Crippen molar-refractivity contribution >= 4 is 0 Å². The van der Waals surface area contributed by atoms with Crippen LogP contribution < -0.4 is 14.8 Å². The molecule has 22 heavy (non-hydrogen) atoms. The summed E-state index contributed by atoms with van der Waals surface area (Å²) >= 11 is 0. The molecule has 5 nitrogen and oxygen atoms in total. The minimum Gasteiger partial charge on any atom is -0.486 e. The zero-order chi connectivity index (χ0) is 15.4. The molecule has 1 aliphatic rings. The van der Waals surface area contributed by atoms with Gasteiger partial charge >= 0.3 is 0 Å². The van der Waals surface area contributed by atoms with Gasteiger partial charge in [-0.3, -0.25) is 5.32 Å². The van der Waals surface area contributed by atoms with Gasteiger partial charge in [-0.15, -0.1) is 0 Å². The number of nitrogens with one attached hydrogen (secondary N) is 1. The van der Waals surface area contributed by atoms with Crippen molar-refractivity contribution in [1.82, 2.24) is 5.32 Å². The molecule has 3 rings (SSSR count). The predicted molar refractivity (Wildman–Crippen MR) is 82.1 cm³/mol. The summed E-state index contributed by atoms with van der Waals surface area (Å²) in [5.74, 6) is 2.30. The third kappa shape index (κ3) is 3.10. The van der Waals surface area contributed by atoms with Crippen LogP contribution >= 0.6 is 0 Å². The second-order valence-electron chi connectivity index (χ2n) is 5.28. The normalized spacial score (nSPS) is 16.3. The Morgan fingerprint density at radius 1 is 1.14 bits per heavy atom. The Hall–Kier alpha value is -1.98. The number of fused-ring (bicyclic) bond motifs is 1. The minimum absolute atomic E-state index is 0.0193. The molecule has 0 fully saturated rings. The smallest absolute Gasteiger partial charge is 0.161 e. The van der Waals surface area contributed by atoms with Gasteiger partial charge in [-0.2, -0.15) is 0 Å². The van der Waals surface area contributed by atoms with E-state index in [0.29, 0.717) is 13.2 Å². The number of hydrogen-bond acceptors (Lipinski definition) is 5. The molecular weight excluding hydrogens is 282 g/mol. The van der Waals surface area contributed by atoms with Crippen molar-refractivity contribution in [3.05, 3.63) is 47.9 Å². The van der Waals surface area contributed by atoms with Gasteiger partial charge in [0.1, 0.15) is 19.0 Å². The molecule has 0 saturated heterocycles. The van der Waals surface area contributed by atoms with Crippen molar-refractivity contribution < 1.29 is 19.0 Å². The topological polar surface area (TPSA) is 63.9 Å². The van der Waals surface area contributed by atoms with Crippen LogP contribution in [0.3, 0.4) is 0 Å². The highest BCUT2D eigenvalue weighted by molar-refractivity contribution is 5.44. The zero-order valence-electron chi connectivity index (χ0n) is 12.6. The number of aliphatic hydroxyl groups is 1. The Morgan fingerprint density at radius 2 is 1.95 bits per heavy atom. The molecule has 2 unspecified atom stereocenters. The molecule has 0 amide bonds. The average Bonchev–Trinajstić information content (AvgIpc) is 3.10. The van der Waals surface area contributed by atoms with E-state index in [9.17, 15) is 5.11 Å². The molecule has 0 bridgehead atoms. The number of hydrogen-bond donors (Lipinski definition) is 2. The predicted octanol–water partition coefficient (Wildman–Crippen LogP) is 2.83. The Kier molecular flexibility index (Phi) is 4.65. The maximum atomic E-state index is 9.61. The molecule has 2 aromatic rings. The Bertz CT molecular complexity index is 597. The van der Waals surface area contributed by atoms with Gasteiger partial charge in [0, 0.05) is 6.04 Å². The third-order valence-electron chi connectivity index (χ3n) is 3.85. The second kappa shape index (κ2) is 6.85. The Balaban J connectivity index is 1.78. The lowest BCUT2D eigenvalue weighted by Crippen LogP contribution is -2.28. The maximum absolute atomic E-state index is 9.61. The van der Waals surface area contributed by atoms with Crippen molar-refractivity contribution in [2.75, 3.05) is 19.8 Å². The first-order valence-electron chi connectivity index (χ1n) is 7.61. The van der Waals surface area contributed by atoms with Gasteiger partial charge in [0.15, 0.2) is 11.5 Å². The van der Waals surface area contributed by atoms with Crippen LogP contribution in [-0.4, -0.2) is 24.9 Å². The molecule has 0 radical (unpaired) electrons. The molecule has 2 heterocycles. The number of ether oxygens (including phenoxy) is 2. The summed E-state index contributed by atoms with van der Waals surface area (Å²) in [7, 11) is 0. The lowest BCUT2D eigenvalue weighted by molar-refractivity contribution is 0.171. The monoisotopic (exact) mass is 303 g/mol. The summed E-state index contributed by atoms with van der Waals surface area (Å²) in [4.78, 5) is 0. The number of benzene rings is 1. The summed E-state index contributed by atoms with van der Waals surface area (Å²) in [6, 6.07) is 9.54. The van der Waals surface area contributed by atoms with Crippen LogP contribution in [0, 0.1) is 0 Å².